The van der Waals surface area contributed by atoms with E-state index in [2.05, 4.69) is 25.5 Å². The molecule has 1 atom stereocenters. The van der Waals surface area contributed by atoms with Gasteiger partial charge in [0.25, 0.3) is 0 Å². The summed E-state index contributed by atoms with van der Waals surface area (Å²) in [7, 11) is -3.69. The minimum Gasteiger partial charge on any atom is -0.357 e. The van der Waals surface area contributed by atoms with Crippen LogP contribution in [0.3, 0.4) is 0 Å². The van der Waals surface area contributed by atoms with Gasteiger partial charge in [-0.1, -0.05) is 23.7 Å². The molecule has 0 radical (unpaired) electrons. The molecule has 1 aliphatic rings. The molecule has 8 nitrogen and oxygen atoms in total. The zero-order valence-electron chi connectivity index (χ0n) is 16.2. The molecule has 1 saturated heterocycles. The molecule has 1 unspecified atom stereocenters. The van der Waals surface area contributed by atoms with Crippen molar-refractivity contribution in [3.05, 3.63) is 53.2 Å². The quantitative estimate of drug-likeness (QED) is 0.469. The molecule has 1 aliphatic heterocycles. The van der Waals surface area contributed by atoms with Gasteiger partial charge in [0.1, 0.15) is 5.82 Å². The van der Waals surface area contributed by atoms with Crippen molar-refractivity contribution in [1.29, 1.82) is 0 Å². The standard InChI is InChI=1S/C19H25ClN6O2S/c1-2-22-19(24-12-14-5-7-16(8-6-14)29(21,27)28)25-15-9-11-26(13-15)18-17(20)4-3-10-23-18/h3-8,10,15H,2,9,11-13H2,1H3,(H2,21,27,28)(H2,22,24,25). The number of hydrogen-bond acceptors (Lipinski definition) is 5. The summed E-state index contributed by atoms with van der Waals surface area (Å²) in [6, 6.07) is 10.3. The third-order valence-electron chi connectivity index (χ3n) is 4.58. The molecule has 156 valence electrons. The molecule has 0 spiro atoms. The molecule has 0 saturated carbocycles. The van der Waals surface area contributed by atoms with E-state index >= 15 is 0 Å². The number of primary sulfonamides is 1. The zero-order valence-corrected chi connectivity index (χ0v) is 17.7. The first-order valence-electron chi connectivity index (χ1n) is 9.39. The van der Waals surface area contributed by atoms with Gasteiger partial charge in [0, 0.05) is 31.9 Å². The van der Waals surface area contributed by atoms with E-state index in [1.165, 1.54) is 12.1 Å². The highest BCUT2D eigenvalue weighted by Gasteiger charge is 2.25. The van der Waals surface area contributed by atoms with Crippen molar-refractivity contribution in [1.82, 2.24) is 15.6 Å². The maximum atomic E-state index is 11.4. The van der Waals surface area contributed by atoms with E-state index in [1.807, 2.05) is 19.1 Å². The number of pyridine rings is 1. The number of aliphatic imine (C=N–C) groups is 1. The molecule has 1 aromatic carbocycles. The van der Waals surface area contributed by atoms with Crippen LogP contribution in [0.1, 0.15) is 18.9 Å². The largest absolute Gasteiger partial charge is 0.357 e. The number of nitrogens with two attached hydrogens (primary N) is 1. The summed E-state index contributed by atoms with van der Waals surface area (Å²) in [5.41, 5.74) is 0.892. The molecule has 0 bridgehead atoms. The summed E-state index contributed by atoms with van der Waals surface area (Å²) in [6.07, 6.45) is 2.69. The fourth-order valence-electron chi connectivity index (χ4n) is 3.15. The van der Waals surface area contributed by atoms with Crippen LogP contribution in [0.4, 0.5) is 5.82 Å². The third-order valence-corrected chi connectivity index (χ3v) is 5.81. The lowest BCUT2D eigenvalue weighted by Gasteiger charge is -2.20. The molecule has 10 heteroatoms. The topological polar surface area (TPSA) is 113 Å². The highest BCUT2D eigenvalue weighted by molar-refractivity contribution is 7.89. The maximum absolute atomic E-state index is 11.4. The number of nitrogens with zero attached hydrogens (tertiary/aromatic N) is 3. The number of guanidine groups is 1. The number of rotatable bonds is 6. The number of nitrogens with one attached hydrogen (secondary N) is 2. The van der Waals surface area contributed by atoms with Crippen LogP contribution in [0.15, 0.2) is 52.5 Å². The second-order valence-corrected chi connectivity index (χ2v) is 8.74. The Morgan fingerprint density at radius 1 is 1.34 bits per heavy atom. The van der Waals surface area contributed by atoms with Gasteiger partial charge in [-0.2, -0.15) is 0 Å². The van der Waals surface area contributed by atoms with E-state index in [4.69, 9.17) is 16.7 Å². The summed E-state index contributed by atoms with van der Waals surface area (Å²) in [6.45, 7) is 4.81. The number of halogens is 1. The molecule has 2 heterocycles. The van der Waals surface area contributed by atoms with E-state index in [0.717, 1.165) is 37.4 Å². The molecule has 0 amide bonds. The summed E-state index contributed by atoms with van der Waals surface area (Å²) < 4.78 is 22.7. The summed E-state index contributed by atoms with van der Waals surface area (Å²) in [5, 5.41) is 12.5. The van der Waals surface area contributed by atoms with Crippen molar-refractivity contribution in [2.24, 2.45) is 10.1 Å². The zero-order chi connectivity index (χ0) is 20.9. The van der Waals surface area contributed by atoms with Gasteiger partial charge in [-0.3, -0.25) is 0 Å². The van der Waals surface area contributed by atoms with E-state index in [-0.39, 0.29) is 10.9 Å². The van der Waals surface area contributed by atoms with Crippen LogP contribution >= 0.6 is 11.6 Å². The fourth-order valence-corrected chi connectivity index (χ4v) is 3.91. The van der Waals surface area contributed by atoms with Crippen LogP contribution in [-0.4, -0.2) is 45.0 Å². The molecule has 3 rings (SSSR count). The van der Waals surface area contributed by atoms with Gasteiger partial charge in [0.2, 0.25) is 10.0 Å². The van der Waals surface area contributed by atoms with E-state index < -0.39 is 10.0 Å². The van der Waals surface area contributed by atoms with Gasteiger partial charge in [0.15, 0.2) is 5.96 Å². The molecule has 29 heavy (non-hydrogen) atoms. The molecular weight excluding hydrogens is 412 g/mol. The molecule has 0 aliphatic carbocycles. The van der Waals surface area contributed by atoms with E-state index in [0.29, 0.717) is 17.5 Å². The Morgan fingerprint density at radius 2 is 2.10 bits per heavy atom. The van der Waals surface area contributed by atoms with E-state index in [1.54, 1.807) is 18.3 Å². The van der Waals surface area contributed by atoms with Gasteiger partial charge >= 0.3 is 0 Å². The first-order chi connectivity index (χ1) is 13.9. The predicted molar refractivity (Wildman–Crippen MR) is 116 cm³/mol. The lowest BCUT2D eigenvalue weighted by molar-refractivity contribution is 0.597. The number of anilines is 1. The average molecular weight is 437 g/mol. The maximum Gasteiger partial charge on any atom is 0.238 e. The molecule has 4 N–H and O–H groups in total. The third kappa shape index (κ3) is 5.81. The number of benzene rings is 1. The Morgan fingerprint density at radius 3 is 2.76 bits per heavy atom. The second-order valence-electron chi connectivity index (χ2n) is 6.77. The van der Waals surface area contributed by atoms with Crippen LogP contribution < -0.4 is 20.7 Å². The highest BCUT2D eigenvalue weighted by Crippen LogP contribution is 2.25. The summed E-state index contributed by atoms with van der Waals surface area (Å²) in [4.78, 5) is 11.2. The van der Waals surface area contributed by atoms with Crippen molar-refractivity contribution in [2.45, 2.75) is 30.8 Å². The number of sulfonamides is 1. The Kier molecular flexibility index (Phi) is 6.94. The van der Waals surface area contributed by atoms with Gasteiger partial charge in [-0.05, 0) is 43.2 Å². The lowest BCUT2D eigenvalue weighted by atomic mass is 10.2. The normalized spacial score (nSPS) is 17.4. The lowest BCUT2D eigenvalue weighted by Crippen LogP contribution is -2.44. The van der Waals surface area contributed by atoms with Gasteiger partial charge in [-0.25, -0.2) is 23.5 Å². The Hall–Kier alpha value is -2.36. The molecular formula is C19H25ClN6O2S. The first-order valence-corrected chi connectivity index (χ1v) is 11.3. The number of aromatic nitrogens is 1. The SMILES string of the molecule is CCNC(=NCc1ccc(S(N)(=O)=O)cc1)NC1CCN(c2ncccc2Cl)C1. The average Bonchev–Trinajstić information content (AvgIpc) is 3.14. The number of hydrogen-bond donors (Lipinski definition) is 3. The minimum absolute atomic E-state index is 0.0921. The van der Waals surface area contributed by atoms with Gasteiger partial charge < -0.3 is 15.5 Å². The Labute approximate surface area is 176 Å². The van der Waals surface area contributed by atoms with Crippen LogP contribution in [0.25, 0.3) is 0 Å². The van der Waals surface area contributed by atoms with Gasteiger partial charge in [0.05, 0.1) is 16.5 Å². The van der Waals surface area contributed by atoms with Crippen molar-refractivity contribution in [3.63, 3.8) is 0 Å². The van der Waals surface area contributed by atoms with Crippen molar-refractivity contribution in [3.8, 4) is 0 Å². The first kappa shape index (κ1) is 21.4. The molecule has 1 fully saturated rings. The minimum atomic E-state index is -3.69. The molecule has 2 aromatic rings. The van der Waals surface area contributed by atoms with E-state index in [9.17, 15) is 8.42 Å². The van der Waals surface area contributed by atoms with Crippen molar-refractivity contribution >= 4 is 33.4 Å². The summed E-state index contributed by atoms with van der Waals surface area (Å²) >= 11 is 6.26. The second kappa shape index (κ2) is 9.43. The Balaban J connectivity index is 1.62. The van der Waals surface area contributed by atoms with Crippen LogP contribution in [-0.2, 0) is 16.6 Å². The van der Waals surface area contributed by atoms with Crippen LogP contribution in [0, 0.1) is 0 Å². The van der Waals surface area contributed by atoms with Crippen molar-refractivity contribution < 1.29 is 8.42 Å². The predicted octanol–water partition coefficient (Wildman–Crippen LogP) is 1.72. The fraction of sp³-hybridized carbons (Fsp3) is 0.368. The van der Waals surface area contributed by atoms with Crippen LogP contribution in [0.2, 0.25) is 5.02 Å². The Bertz CT molecular complexity index is 965. The summed E-state index contributed by atoms with van der Waals surface area (Å²) in [5.74, 6) is 1.51. The van der Waals surface area contributed by atoms with Crippen molar-refractivity contribution in [2.75, 3.05) is 24.5 Å². The monoisotopic (exact) mass is 436 g/mol. The highest BCUT2D eigenvalue weighted by atomic mass is 35.5. The van der Waals surface area contributed by atoms with Gasteiger partial charge in [-0.15, -0.1) is 0 Å². The molecule has 1 aromatic heterocycles. The van der Waals surface area contributed by atoms with Crippen LogP contribution in [0.5, 0.6) is 0 Å². The smallest absolute Gasteiger partial charge is 0.238 e.